The van der Waals surface area contributed by atoms with Crippen LogP contribution in [0.15, 0.2) is 41.6 Å². The fourth-order valence-corrected chi connectivity index (χ4v) is 2.41. The standard InChI is InChI=1S/C14H8Cl4N2O2/c15-7-2-4-11(17)10(5-7)14(21)22-20-13(19)9-3-1-8(16)6-12(9)18/h1-6H,(H2,19,20). The Labute approximate surface area is 146 Å². The Morgan fingerprint density at radius 3 is 2.23 bits per heavy atom. The van der Waals surface area contributed by atoms with Crippen molar-refractivity contribution < 1.29 is 9.63 Å². The molecule has 2 N–H and O–H groups in total. The Hall–Kier alpha value is -1.46. The van der Waals surface area contributed by atoms with Crippen LogP contribution in [0.4, 0.5) is 0 Å². The molecule has 22 heavy (non-hydrogen) atoms. The lowest BCUT2D eigenvalue weighted by molar-refractivity contribution is 0.0516. The van der Waals surface area contributed by atoms with Crippen molar-refractivity contribution in [3.05, 3.63) is 67.6 Å². The number of hydrogen-bond acceptors (Lipinski definition) is 3. The zero-order valence-electron chi connectivity index (χ0n) is 10.8. The molecule has 0 saturated carbocycles. The van der Waals surface area contributed by atoms with Gasteiger partial charge >= 0.3 is 5.97 Å². The maximum Gasteiger partial charge on any atom is 0.367 e. The van der Waals surface area contributed by atoms with Crippen LogP contribution in [0.5, 0.6) is 0 Å². The summed E-state index contributed by atoms with van der Waals surface area (Å²) in [6.45, 7) is 0. The van der Waals surface area contributed by atoms with E-state index in [0.717, 1.165) is 0 Å². The molecular formula is C14H8Cl4N2O2. The van der Waals surface area contributed by atoms with Gasteiger partial charge in [0.15, 0.2) is 5.84 Å². The molecule has 0 saturated heterocycles. The van der Waals surface area contributed by atoms with Gasteiger partial charge in [-0.1, -0.05) is 51.6 Å². The first-order chi connectivity index (χ1) is 10.4. The van der Waals surface area contributed by atoms with Crippen LogP contribution in [0.3, 0.4) is 0 Å². The summed E-state index contributed by atoms with van der Waals surface area (Å²) in [7, 11) is 0. The van der Waals surface area contributed by atoms with E-state index >= 15 is 0 Å². The van der Waals surface area contributed by atoms with Gasteiger partial charge in [-0.25, -0.2) is 4.79 Å². The van der Waals surface area contributed by atoms with Crippen molar-refractivity contribution in [3.63, 3.8) is 0 Å². The van der Waals surface area contributed by atoms with Crippen LogP contribution in [-0.2, 0) is 4.84 Å². The van der Waals surface area contributed by atoms with Crippen LogP contribution >= 0.6 is 46.4 Å². The average molecular weight is 378 g/mol. The summed E-state index contributed by atoms with van der Waals surface area (Å²) in [5, 5.41) is 4.81. The smallest absolute Gasteiger partial charge is 0.367 e. The van der Waals surface area contributed by atoms with Crippen LogP contribution in [0.25, 0.3) is 0 Å². The van der Waals surface area contributed by atoms with Crippen LogP contribution in [0.1, 0.15) is 15.9 Å². The van der Waals surface area contributed by atoms with Crippen molar-refractivity contribution >= 4 is 58.2 Å². The Balaban J connectivity index is 2.20. The Morgan fingerprint density at radius 2 is 1.55 bits per heavy atom. The van der Waals surface area contributed by atoms with E-state index in [2.05, 4.69) is 5.16 Å². The van der Waals surface area contributed by atoms with Crippen molar-refractivity contribution in [3.8, 4) is 0 Å². The summed E-state index contributed by atoms with van der Waals surface area (Å²) in [4.78, 5) is 16.7. The summed E-state index contributed by atoms with van der Waals surface area (Å²) in [5.41, 5.74) is 6.19. The molecule has 0 unspecified atom stereocenters. The summed E-state index contributed by atoms with van der Waals surface area (Å²) < 4.78 is 0. The summed E-state index contributed by atoms with van der Waals surface area (Å²) in [6.07, 6.45) is 0. The number of carbonyl (C=O) groups is 1. The van der Waals surface area contributed by atoms with Gasteiger partial charge < -0.3 is 10.6 Å². The lowest BCUT2D eigenvalue weighted by atomic mass is 10.2. The predicted octanol–water partition coefficient (Wildman–Crippen LogP) is 4.78. The van der Waals surface area contributed by atoms with Crippen LogP contribution in [0.2, 0.25) is 20.1 Å². The molecule has 0 fully saturated rings. The van der Waals surface area contributed by atoms with Crippen molar-refractivity contribution in [2.45, 2.75) is 0 Å². The highest BCUT2D eigenvalue weighted by molar-refractivity contribution is 6.37. The fraction of sp³-hybridized carbons (Fsp3) is 0. The summed E-state index contributed by atoms with van der Waals surface area (Å²) >= 11 is 23.5. The van der Waals surface area contributed by atoms with Gasteiger partial charge in [-0.05, 0) is 36.4 Å². The molecule has 0 aromatic heterocycles. The zero-order chi connectivity index (χ0) is 16.3. The molecule has 0 aliphatic rings. The summed E-state index contributed by atoms with van der Waals surface area (Å²) in [5.74, 6) is -0.867. The van der Waals surface area contributed by atoms with E-state index in [4.69, 9.17) is 57.0 Å². The number of oxime groups is 1. The summed E-state index contributed by atoms with van der Waals surface area (Å²) in [6, 6.07) is 9.03. The lowest BCUT2D eigenvalue weighted by Gasteiger charge is -2.05. The molecule has 4 nitrogen and oxygen atoms in total. The highest BCUT2D eigenvalue weighted by Crippen LogP contribution is 2.22. The largest absolute Gasteiger partial charge is 0.380 e. The van der Waals surface area contributed by atoms with Gasteiger partial charge in [0.2, 0.25) is 0 Å². The first-order valence-corrected chi connectivity index (χ1v) is 7.35. The van der Waals surface area contributed by atoms with E-state index < -0.39 is 5.97 Å². The molecule has 8 heteroatoms. The molecule has 2 aromatic carbocycles. The molecule has 2 aromatic rings. The SMILES string of the molecule is N/C(=N\OC(=O)c1cc(Cl)ccc1Cl)c1ccc(Cl)cc1Cl. The number of halogens is 4. The van der Waals surface area contributed by atoms with Crippen LogP contribution in [0, 0.1) is 0 Å². The quantitative estimate of drug-likeness (QED) is 0.362. The van der Waals surface area contributed by atoms with Gasteiger partial charge in [0.25, 0.3) is 0 Å². The molecule has 0 aliphatic heterocycles. The van der Waals surface area contributed by atoms with Crippen LogP contribution in [-0.4, -0.2) is 11.8 Å². The van der Waals surface area contributed by atoms with Crippen molar-refractivity contribution in [2.24, 2.45) is 10.9 Å². The Kier molecular flexibility index (Phi) is 5.53. The highest BCUT2D eigenvalue weighted by atomic mass is 35.5. The van der Waals surface area contributed by atoms with E-state index in [1.165, 1.54) is 18.2 Å². The molecule has 0 amide bonds. The molecule has 0 aliphatic carbocycles. The molecule has 0 bridgehead atoms. The molecule has 0 atom stereocenters. The number of hydrogen-bond donors (Lipinski definition) is 1. The van der Waals surface area contributed by atoms with Crippen molar-refractivity contribution in [1.29, 1.82) is 0 Å². The second-order valence-electron chi connectivity index (χ2n) is 4.10. The molecule has 2 rings (SSSR count). The van der Waals surface area contributed by atoms with Crippen molar-refractivity contribution in [2.75, 3.05) is 0 Å². The number of benzene rings is 2. The molecule has 0 spiro atoms. The van der Waals surface area contributed by atoms with Gasteiger partial charge in [0.05, 0.1) is 15.6 Å². The number of amidine groups is 1. The van der Waals surface area contributed by atoms with E-state index in [9.17, 15) is 4.79 Å². The Morgan fingerprint density at radius 1 is 0.909 bits per heavy atom. The molecule has 114 valence electrons. The van der Waals surface area contributed by atoms with E-state index in [1.54, 1.807) is 18.2 Å². The zero-order valence-corrected chi connectivity index (χ0v) is 13.8. The first kappa shape index (κ1) is 16.9. The third-order valence-corrected chi connectivity index (χ3v) is 3.69. The Bertz CT molecular complexity index is 763. The van der Waals surface area contributed by atoms with Gasteiger partial charge in [-0.15, -0.1) is 0 Å². The fourth-order valence-electron chi connectivity index (χ4n) is 1.54. The minimum Gasteiger partial charge on any atom is -0.380 e. The van der Waals surface area contributed by atoms with E-state index in [-0.39, 0.29) is 21.4 Å². The van der Waals surface area contributed by atoms with Crippen molar-refractivity contribution in [1.82, 2.24) is 0 Å². The third kappa shape index (κ3) is 4.05. The lowest BCUT2D eigenvalue weighted by Crippen LogP contribution is -2.16. The average Bonchev–Trinajstić information content (AvgIpc) is 2.47. The topological polar surface area (TPSA) is 64.7 Å². The number of rotatable bonds is 3. The van der Waals surface area contributed by atoms with E-state index in [1.807, 2.05) is 0 Å². The second kappa shape index (κ2) is 7.20. The van der Waals surface area contributed by atoms with Gasteiger partial charge in [-0.3, -0.25) is 0 Å². The maximum absolute atomic E-state index is 11.9. The maximum atomic E-state index is 11.9. The second-order valence-corrected chi connectivity index (χ2v) is 5.79. The molecular weight excluding hydrogens is 370 g/mol. The van der Waals surface area contributed by atoms with Gasteiger partial charge in [-0.2, -0.15) is 0 Å². The normalized spacial score (nSPS) is 11.4. The van der Waals surface area contributed by atoms with Gasteiger partial charge in [0, 0.05) is 15.6 Å². The molecule has 0 radical (unpaired) electrons. The third-order valence-electron chi connectivity index (χ3n) is 2.58. The van der Waals surface area contributed by atoms with Gasteiger partial charge in [0.1, 0.15) is 0 Å². The number of nitrogens with two attached hydrogens (primary N) is 1. The monoisotopic (exact) mass is 376 g/mol. The molecule has 0 heterocycles. The minimum atomic E-state index is -0.791. The van der Waals surface area contributed by atoms with E-state index in [0.29, 0.717) is 15.6 Å². The minimum absolute atomic E-state index is 0.0758. The van der Waals surface area contributed by atoms with Crippen LogP contribution < -0.4 is 5.73 Å². The number of carbonyl (C=O) groups excluding carboxylic acids is 1. The highest BCUT2D eigenvalue weighted by Gasteiger charge is 2.14. The predicted molar refractivity (Wildman–Crippen MR) is 89.1 cm³/mol. The first-order valence-electron chi connectivity index (χ1n) is 5.84. The number of nitrogens with zero attached hydrogens (tertiary/aromatic N) is 1.